The molecule has 1 aliphatic heterocycles. The van der Waals surface area contributed by atoms with Gasteiger partial charge in [0.25, 0.3) is 0 Å². The number of hydrogen-bond acceptors (Lipinski definition) is 2. The minimum Gasteiger partial charge on any atom is -0.328 e. The largest absolute Gasteiger partial charge is 0.328 e. The summed E-state index contributed by atoms with van der Waals surface area (Å²) >= 11 is 0. The Balaban J connectivity index is 2.67. The summed E-state index contributed by atoms with van der Waals surface area (Å²) in [5.41, 5.74) is 0. The van der Waals surface area contributed by atoms with Crippen LogP contribution in [0.2, 0.25) is 0 Å². The maximum absolute atomic E-state index is 12.2. The first-order chi connectivity index (χ1) is 7.60. The number of carbonyl (C=O) groups is 1. The van der Waals surface area contributed by atoms with E-state index in [4.69, 9.17) is 6.42 Å². The molecule has 0 radical (unpaired) electrons. The number of amides is 1. The van der Waals surface area contributed by atoms with Crippen molar-refractivity contribution in [1.82, 2.24) is 10.2 Å². The second-order valence-electron chi connectivity index (χ2n) is 4.64. The first-order valence-corrected chi connectivity index (χ1v) is 6.12. The van der Waals surface area contributed by atoms with Crippen LogP contribution in [0.5, 0.6) is 0 Å². The van der Waals surface area contributed by atoms with Crippen LogP contribution in [-0.2, 0) is 4.79 Å². The molecule has 0 aromatic rings. The molecule has 0 aromatic carbocycles. The Hall–Kier alpha value is -1.01. The summed E-state index contributed by atoms with van der Waals surface area (Å²) in [6.45, 7) is 6.95. The average molecular weight is 222 g/mol. The molecule has 2 unspecified atom stereocenters. The summed E-state index contributed by atoms with van der Waals surface area (Å²) in [4.78, 5) is 14.0. The van der Waals surface area contributed by atoms with Crippen molar-refractivity contribution in [3.05, 3.63) is 0 Å². The Morgan fingerprint density at radius 1 is 1.62 bits per heavy atom. The highest BCUT2D eigenvalue weighted by Crippen LogP contribution is 2.16. The van der Waals surface area contributed by atoms with Crippen molar-refractivity contribution in [3.8, 4) is 12.3 Å². The molecule has 1 N–H and O–H groups in total. The van der Waals surface area contributed by atoms with Crippen LogP contribution in [-0.4, -0.2) is 35.5 Å². The highest BCUT2D eigenvalue weighted by molar-refractivity contribution is 5.83. The van der Waals surface area contributed by atoms with Crippen LogP contribution < -0.4 is 5.32 Å². The Bertz CT molecular complexity index is 280. The molecule has 16 heavy (non-hydrogen) atoms. The molecule has 1 aliphatic rings. The van der Waals surface area contributed by atoms with Crippen LogP contribution in [0.15, 0.2) is 0 Å². The summed E-state index contributed by atoms with van der Waals surface area (Å²) in [6, 6.07) is 0.250. The van der Waals surface area contributed by atoms with Gasteiger partial charge in [0.15, 0.2) is 0 Å². The fourth-order valence-corrected chi connectivity index (χ4v) is 2.19. The van der Waals surface area contributed by atoms with Crippen LogP contribution >= 0.6 is 0 Å². The molecule has 90 valence electrons. The predicted octanol–water partition coefficient (Wildman–Crippen LogP) is 1.39. The molecule has 0 aromatic heterocycles. The number of terminal acetylenes is 1. The molecule has 1 rings (SSSR count). The van der Waals surface area contributed by atoms with Gasteiger partial charge >= 0.3 is 0 Å². The van der Waals surface area contributed by atoms with Gasteiger partial charge in [-0.2, -0.15) is 0 Å². The molecule has 0 bridgehead atoms. The van der Waals surface area contributed by atoms with Gasteiger partial charge in [0.1, 0.15) is 0 Å². The van der Waals surface area contributed by atoms with E-state index in [1.807, 2.05) is 11.8 Å². The molecule has 1 saturated heterocycles. The van der Waals surface area contributed by atoms with Gasteiger partial charge in [0.2, 0.25) is 5.91 Å². The topological polar surface area (TPSA) is 32.3 Å². The zero-order chi connectivity index (χ0) is 12.1. The zero-order valence-corrected chi connectivity index (χ0v) is 10.5. The quantitative estimate of drug-likeness (QED) is 0.729. The van der Waals surface area contributed by atoms with Crippen molar-refractivity contribution in [2.45, 2.75) is 58.2 Å². The normalized spacial score (nSPS) is 23.3. The van der Waals surface area contributed by atoms with Gasteiger partial charge in [-0.25, -0.2) is 0 Å². The van der Waals surface area contributed by atoms with Crippen LogP contribution in [0.3, 0.4) is 0 Å². The molecule has 0 spiro atoms. The second kappa shape index (κ2) is 5.91. The first kappa shape index (κ1) is 13.1. The van der Waals surface area contributed by atoms with E-state index < -0.39 is 0 Å². The lowest BCUT2D eigenvalue weighted by atomic mass is 10.0. The van der Waals surface area contributed by atoms with Crippen molar-refractivity contribution < 1.29 is 4.79 Å². The lowest BCUT2D eigenvalue weighted by molar-refractivity contribution is -0.137. The van der Waals surface area contributed by atoms with Crippen molar-refractivity contribution >= 4 is 5.91 Å². The Morgan fingerprint density at radius 3 is 2.81 bits per heavy atom. The minimum absolute atomic E-state index is 0.0377. The number of rotatable bonds is 4. The average Bonchev–Trinajstić information content (AvgIpc) is 2.24. The second-order valence-corrected chi connectivity index (χ2v) is 4.64. The molecule has 3 nitrogen and oxygen atoms in total. The summed E-state index contributed by atoms with van der Waals surface area (Å²) in [7, 11) is 0. The molecule has 1 fully saturated rings. The van der Waals surface area contributed by atoms with E-state index in [0.717, 1.165) is 25.8 Å². The highest BCUT2D eigenvalue weighted by atomic mass is 16.2. The number of likely N-dealkylation sites (tertiary alicyclic amines) is 1. The number of hydrogen-bond donors (Lipinski definition) is 1. The van der Waals surface area contributed by atoms with E-state index in [2.05, 4.69) is 25.1 Å². The van der Waals surface area contributed by atoms with E-state index in [-0.39, 0.29) is 18.0 Å². The SMILES string of the molecule is C#CC(CC)N1CCCC(NC(C)C)C1=O. The smallest absolute Gasteiger partial charge is 0.240 e. The van der Waals surface area contributed by atoms with E-state index >= 15 is 0 Å². The van der Waals surface area contributed by atoms with E-state index in [0.29, 0.717) is 6.04 Å². The maximum Gasteiger partial charge on any atom is 0.240 e. The number of nitrogens with one attached hydrogen (secondary N) is 1. The summed E-state index contributed by atoms with van der Waals surface area (Å²) in [6.07, 6.45) is 8.25. The number of piperidine rings is 1. The van der Waals surface area contributed by atoms with Crippen molar-refractivity contribution in [2.75, 3.05) is 6.54 Å². The molecule has 0 saturated carbocycles. The van der Waals surface area contributed by atoms with Gasteiger partial charge in [-0.1, -0.05) is 26.7 Å². The molecular formula is C13H22N2O. The van der Waals surface area contributed by atoms with Gasteiger partial charge in [-0.3, -0.25) is 4.79 Å². The molecule has 1 amide bonds. The first-order valence-electron chi connectivity index (χ1n) is 6.12. The van der Waals surface area contributed by atoms with Gasteiger partial charge in [0, 0.05) is 12.6 Å². The molecular weight excluding hydrogens is 200 g/mol. The highest BCUT2D eigenvalue weighted by Gasteiger charge is 2.31. The third-order valence-electron chi connectivity index (χ3n) is 2.96. The molecule has 3 heteroatoms. The third kappa shape index (κ3) is 2.99. The third-order valence-corrected chi connectivity index (χ3v) is 2.96. The Labute approximate surface area is 98.6 Å². The van der Waals surface area contributed by atoms with Gasteiger partial charge in [-0.05, 0) is 19.3 Å². The fraction of sp³-hybridized carbons (Fsp3) is 0.769. The van der Waals surface area contributed by atoms with Gasteiger partial charge in [-0.15, -0.1) is 6.42 Å². The Morgan fingerprint density at radius 2 is 2.31 bits per heavy atom. The molecule has 1 heterocycles. The standard InChI is InChI=1S/C13H22N2O/c1-5-11(6-2)15-9-7-8-12(13(15)16)14-10(3)4/h1,10-12,14H,6-9H2,2-4H3. The zero-order valence-electron chi connectivity index (χ0n) is 10.5. The fourth-order valence-electron chi connectivity index (χ4n) is 2.19. The van der Waals surface area contributed by atoms with Gasteiger partial charge < -0.3 is 10.2 Å². The summed E-state index contributed by atoms with van der Waals surface area (Å²) in [5, 5.41) is 3.30. The predicted molar refractivity (Wildman–Crippen MR) is 65.9 cm³/mol. The monoisotopic (exact) mass is 222 g/mol. The number of carbonyl (C=O) groups excluding carboxylic acids is 1. The van der Waals surface area contributed by atoms with E-state index in [9.17, 15) is 4.79 Å². The van der Waals surface area contributed by atoms with Crippen LogP contribution in [0.1, 0.15) is 40.0 Å². The van der Waals surface area contributed by atoms with E-state index in [1.165, 1.54) is 0 Å². The van der Waals surface area contributed by atoms with Crippen LogP contribution in [0.4, 0.5) is 0 Å². The van der Waals surface area contributed by atoms with Crippen molar-refractivity contribution in [3.63, 3.8) is 0 Å². The van der Waals surface area contributed by atoms with Crippen LogP contribution in [0, 0.1) is 12.3 Å². The maximum atomic E-state index is 12.2. The lowest BCUT2D eigenvalue weighted by Crippen LogP contribution is -2.55. The summed E-state index contributed by atoms with van der Waals surface area (Å²) in [5.74, 6) is 2.87. The summed E-state index contributed by atoms with van der Waals surface area (Å²) < 4.78 is 0. The molecule has 2 atom stereocenters. The lowest BCUT2D eigenvalue weighted by Gasteiger charge is -2.36. The van der Waals surface area contributed by atoms with E-state index in [1.54, 1.807) is 0 Å². The van der Waals surface area contributed by atoms with Gasteiger partial charge in [0.05, 0.1) is 12.1 Å². The van der Waals surface area contributed by atoms with Crippen molar-refractivity contribution in [1.29, 1.82) is 0 Å². The van der Waals surface area contributed by atoms with Crippen molar-refractivity contribution in [2.24, 2.45) is 0 Å². The minimum atomic E-state index is -0.0452. The Kier molecular flexibility index (Phi) is 4.82. The van der Waals surface area contributed by atoms with Crippen LogP contribution in [0.25, 0.3) is 0 Å². The number of nitrogens with zero attached hydrogens (tertiary/aromatic N) is 1. The molecule has 0 aliphatic carbocycles.